The van der Waals surface area contributed by atoms with Crippen LogP contribution in [-0.2, 0) is 16.1 Å². The highest BCUT2D eigenvalue weighted by molar-refractivity contribution is 8.00. The van der Waals surface area contributed by atoms with E-state index in [0.29, 0.717) is 35.9 Å². The van der Waals surface area contributed by atoms with Crippen LogP contribution in [0.1, 0.15) is 26.2 Å². The minimum absolute atomic E-state index is 0.0886. The van der Waals surface area contributed by atoms with E-state index in [0.717, 1.165) is 31.4 Å². The van der Waals surface area contributed by atoms with Crippen molar-refractivity contribution in [2.75, 3.05) is 26.8 Å². The summed E-state index contributed by atoms with van der Waals surface area (Å²) in [7, 11) is 1.64. The molecule has 29 heavy (non-hydrogen) atoms. The van der Waals surface area contributed by atoms with Gasteiger partial charge in [-0.15, -0.1) is 10.2 Å². The highest BCUT2D eigenvalue weighted by atomic mass is 32.2. The minimum Gasteiger partial charge on any atom is -0.385 e. The van der Waals surface area contributed by atoms with Gasteiger partial charge in [0, 0.05) is 33.4 Å². The van der Waals surface area contributed by atoms with Gasteiger partial charge < -0.3 is 9.64 Å². The number of carbonyl (C=O) groups is 1. The van der Waals surface area contributed by atoms with Crippen LogP contribution in [0.15, 0.2) is 34.2 Å². The standard InChI is InChI=1S/C20H25N5O3S/c1-14(17(26)23-10-5-6-11-23)29-20-22-21-19-24(12-7-13-28-2)18(27)15-8-3-4-9-16(15)25(19)20/h3-4,8-9,14H,5-7,10-13H2,1-2H3. The van der Waals surface area contributed by atoms with Crippen molar-refractivity contribution in [2.24, 2.45) is 0 Å². The smallest absolute Gasteiger partial charge is 0.262 e. The van der Waals surface area contributed by atoms with E-state index in [1.165, 1.54) is 11.8 Å². The topological polar surface area (TPSA) is 81.7 Å². The molecule has 1 aliphatic rings. The number of hydrogen-bond donors (Lipinski definition) is 0. The molecule has 0 bridgehead atoms. The van der Waals surface area contributed by atoms with Gasteiger partial charge in [-0.25, -0.2) is 0 Å². The SMILES string of the molecule is COCCCn1c(=O)c2ccccc2n2c(SC(C)C(=O)N3CCCC3)nnc12. The van der Waals surface area contributed by atoms with Crippen LogP contribution in [0.3, 0.4) is 0 Å². The number of methoxy groups -OCH3 is 1. The summed E-state index contributed by atoms with van der Waals surface area (Å²) in [6.45, 7) is 4.61. The summed E-state index contributed by atoms with van der Waals surface area (Å²) in [5, 5.41) is 9.61. The van der Waals surface area contributed by atoms with Crippen molar-refractivity contribution in [1.82, 2.24) is 24.1 Å². The number of rotatable bonds is 7. The second-order valence-electron chi connectivity index (χ2n) is 7.23. The van der Waals surface area contributed by atoms with Crippen molar-refractivity contribution in [3.05, 3.63) is 34.6 Å². The Kier molecular flexibility index (Phi) is 5.86. The first-order valence-electron chi connectivity index (χ1n) is 9.93. The first-order valence-corrected chi connectivity index (χ1v) is 10.8. The molecule has 0 spiro atoms. The van der Waals surface area contributed by atoms with Gasteiger partial charge in [-0.1, -0.05) is 23.9 Å². The van der Waals surface area contributed by atoms with Crippen molar-refractivity contribution in [2.45, 2.75) is 43.1 Å². The van der Waals surface area contributed by atoms with Crippen LogP contribution in [-0.4, -0.2) is 62.0 Å². The van der Waals surface area contributed by atoms with Gasteiger partial charge in [0.2, 0.25) is 11.7 Å². The zero-order valence-electron chi connectivity index (χ0n) is 16.7. The molecule has 154 valence electrons. The number of benzene rings is 1. The molecular formula is C20H25N5O3S. The lowest BCUT2D eigenvalue weighted by molar-refractivity contribution is -0.129. The Morgan fingerprint density at radius 3 is 2.76 bits per heavy atom. The highest BCUT2D eigenvalue weighted by Crippen LogP contribution is 2.27. The lowest BCUT2D eigenvalue weighted by Crippen LogP contribution is -2.34. The van der Waals surface area contributed by atoms with E-state index in [1.807, 2.05) is 40.5 Å². The lowest BCUT2D eigenvalue weighted by Gasteiger charge is -2.19. The molecule has 1 aromatic carbocycles. The van der Waals surface area contributed by atoms with Crippen LogP contribution in [0.2, 0.25) is 0 Å². The molecule has 0 radical (unpaired) electrons. The van der Waals surface area contributed by atoms with Gasteiger partial charge in [-0.3, -0.25) is 18.6 Å². The summed E-state index contributed by atoms with van der Waals surface area (Å²) in [5.74, 6) is 0.620. The number of aromatic nitrogens is 4. The van der Waals surface area contributed by atoms with Gasteiger partial charge in [0.15, 0.2) is 5.16 Å². The molecule has 0 N–H and O–H groups in total. The van der Waals surface area contributed by atoms with E-state index in [4.69, 9.17) is 4.74 Å². The molecule has 1 fully saturated rings. The van der Waals surface area contributed by atoms with Crippen LogP contribution in [0.4, 0.5) is 0 Å². The Morgan fingerprint density at radius 2 is 2.00 bits per heavy atom. The second-order valence-corrected chi connectivity index (χ2v) is 8.54. The van der Waals surface area contributed by atoms with Gasteiger partial charge in [-0.2, -0.15) is 0 Å². The number of fused-ring (bicyclic) bond motifs is 3. The van der Waals surface area contributed by atoms with Crippen molar-refractivity contribution < 1.29 is 9.53 Å². The Morgan fingerprint density at radius 1 is 1.24 bits per heavy atom. The van der Waals surface area contributed by atoms with E-state index in [2.05, 4.69) is 10.2 Å². The summed E-state index contributed by atoms with van der Waals surface area (Å²) in [6, 6.07) is 7.45. The fraction of sp³-hybridized carbons (Fsp3) is 0.500. The van der Waals surface area contributed by atoms with E-state index in [9.17, 15) is 9.59 Å². The zero-order valence-corrected chi connectivity index (χ0v) is 17.5. The number of hydrogen-bond acceptors (Lipinski definition) is 6. The van der Waals surface area contributed by atoms with Crippen molar-refractivity contribution in [1.29, 1.82) is 0 Å². The Bertz CT molecular complexity index is 1090. The minimum atomic E-state index is -0.270. The zero-order chi connectivity index (χ0) is 20.4. The van der Waals surface area contributed by atoms with E-state index >= 15 is 0 Å². The predicted octanol–water partition coefficient (Wildman–Crippen LogP) is 2.18. The van der Waals surface area contributed by atoms with Gasteiger partial charge in [0.1, 0.15) is 0 Å². The molecule has 0 saturated carbocycles. The number of para-hydroxylation sites is 1. The molecule has 1 saturated heterocycles. The summed E-state index contributed by atoms with van der Waals surface area (Å²) in [5.41, 5.74) is 0.665. The quantitative estimate of drug-likeness (QED) is 0.435. The number of carbonyl (C=O) groups excluding carboxylic acids is 1. The van der Waals surface area contributed by atoms with Crippen molar-refractivity contribution in [3.63, 3.8) is 0 Å². The first-order chi connectivity index (χ1) is 14.1. The van der Waals surface area contributed by atoms with E-state index < -0.39 is 0 Å². The summed E-state index contributed by atoms with van der Waals surface area (Å²) >= 11 is 1.39. The summed E-state index contributed by atoms with van der Waals surface area (Å²) in [6.07, 6.45) is 2.83. The van der Waals surface area contributed by atoms with Crippen LogP contribution in [0.5, 0.6) is 0 Å². The number of thioether (sulfide) groups is 1. The van der Waals surface area contributed by atoms with Crippen LogP contribution in [0.25, 0.3) is 16.7 Å². The van der Waals surface area contributed by atoms with Gasteiger partial charge in [0.05, 0.1) is 16.2 Å². The van der Waals surface area contributed by atoms with Gasteiger partial charge in [0.25, 0.3) is 5.56 Å². The molecule has 2 aromatic heterocycles. The second kappa shape index (κ2) is 8.54. The van der Waals surface area contributed by atoms with Crippen molar-refractivity contribution >= 4 is 34.3 Å². The molecule has 1 amide bonds. The highest BCUT2D eigenvalue weighted by Gasteiger charge is 2.26. The number of nitrogens with zero attached hydrogens (tertiary/aromatic N) is 5. The third-order valence-electron chi connectivity index (χ3n) is 5.26. The van der Waals surface area contributed by atoms with Crippen LogP contribution >= 0.6 is 11.8 Å². The molecule has 3 heterocycles. The maximum absolute atomic E-state index is 13.0. The van der Waals surface area contributed by atoms with Crippen molar-refractivity contribution in [3.8, 4) is 0 Å². The van der Waals surface area contributed by atoms with Gasteiger partial charge in [-0.05, 0) is 38.3 Å². The predicted molar refractivity (Wildman–Crippen MR) is 112 cm³/mol. The van der Waals surface area contributed by atoms with E-state index in [-0.39, 0.29) is 16.7 Å². The maximum atomic E-state index is 13.0. The fourth-order valence-corrected chi connectivity index (χ4v) is 4.72. The molecule has 3 aromatic rings. The summed E-state index contributed by atoms with van der Waals surface area (Å²) in [4.78, 5) is 27.7. The molecule has 0 aliphatic carbocycles. The average molecular weight is 416 g/mol. The molecule has 1 aliphatic heterocycles. The number of likely N-dealkylation sites (tertiary alicyclic amines) is 1. The monoisotopic (exact) mass is 415 g/mol. The Balaban J connectivity index is 1.75. The molecule has 9 heteroatoms. The first kappa shape index (κ1) is 19.9. The molecule has 8 nitrogen and oxygen atoms in total. The maximum Gasteiger partial charge on any atom is 0.262 e. The molecular weight excluding hydrogens is 390 g/mol. The largest absolute Gasteiger partial charge is 0.385 e. The molecule has 1 atom stereocenters. The van der Waals surface area contributed by atoms with Crippen LogP contribution in [0, 0.1) is 0 Å². The van der Waals surface area contributed by atoms with E-state index in [1.54, 1.807) is 11.7 Å². The third kappa shape index (κ3) is 3.76. The lowest BCUT2D eigenvalue weighted by atomic mass is 10.2. The Labute approximate surface area is 172 Å². The third-order valence-corrected chi connectivity index (χ3v) is 6.29. The van der Waals surface area contributed by atoms with Crippen LogP contribution < -0.4 is 5.56 Å². The van der Waals surface area contributed by atoms with Gasteiger partial charge >= 0.3 is 0 Å². The average Bonchev–Trinajstić information content (AvgIpc) is 3.40. The number of ether oxygens (including phenoxy) is 1. The number of amides is 1. The number of aryl methyl sites for hydroxylation is 1. The fourth-order valence-electron chi connectivity index (χ4n) is 3.78. The Hall–Kier alpha value is -2.39. The normalized spacial score (nSPS) is 15.4. The summed E-state index contributed by atoms with van der Waals surface area (Å²) < 4.78 is 8.67. The molecule has 4 rings (SSSR count). The molecule has 1 unspecified atom stereocenters.